The van der Waals surface area contributed by atoms with Crippen LogP contribution < -0.4 is 10.6 Å². The van der Waals surface area contributed by atoms with Crippen LogP contribution in [-0.4, -0.2) is 12.6 Å². The molecule has 0 aliphatic heterocycles. The van der Waals surface area contributed by atoms with Crippen molar-refractivity contribution in [2.24, 2.45) is 5.73 Å². The Morgan fingerprint density at radius 2 is 1.32 bits per heavy atom. The molecule has 2 aliphatic carbocycles. The Labute approximate surface area is 303 Å². The van der Waals surface area contributed by atoms with Crippen LogP contribution in [0.4, 0.5) is 11.4 Å². The van der Waals surface area contributed by atoms with Crippen LogP contribution in [0.25, 0.3) is 17.2 Å². The number of anilines is 2. The van der Waals surface area contributed by atoms with Crippen LogP contribution in [0.5, 0.6) is 0 Å². The Bertz CT molecular complexity index is 2090. The summed E-state index contributed by atoms with van der Waals surface area (Å²) in [6, 6.07) is 39.9. The molecule has 1 spiro atoms. The number of allylic oxidation sites excluding steroid dienone is 5. The highest BCUT2D eigenvalue weighted by molar-refractivity contribution is 7.83. The van der Waals surface area contributed by atoms with Crippen molar-refractivity contribution in [2.75, 3.05) is 4.90 Å². The summed E-state index contributed by atoms with van der Waals surface area (Å²) in [5.74, 6) is 0. The first-order valence-corrected chi connectivity index (χ1v) is 17.6. The largest absolute Gasteiger partial charge is 0.403 e. The van der Waals surface area contributed by atoms with Crippen LogP contribution in [0.3, 0.4) is 0 Å². The van der Waals surface area contributed by atoms with E-state index in [1.165, 1.54) is 38.3 Å². The molecule has 2 N–H and O–H groups in total. The lowest BCUT2D eigenvalue weighted by Gasteiger charge is -2.32. The highest BCUT2D eigenvalue weighted by atomic mass is 32.1. The number of nitrogens with zero attached hydrogens (tertiary/aromatic N) is 1. The van der Waals surface area contributed by atoms with E-state index in [0.29, 0.717) is 19.0 Å². The molecule has 4 aromatic carbocycles. The molecule has 0 radical (unpaired) electrons. The van der Waals surface area contributed by atoms with E-state index < -0.39 is 5.41 Å². The molecule has 0 fully saturated rings. The van der Waals surface area contributed by atoms with E-state index >= 15 is 0 Å². The van der Waals surface area contributed by atoms with Gasteiger partial charge in [-0.05, 0) is 101 Å². The van der Waals surface area contributed by atoms with Gasteiger partial charge in [-0.2, -0.15) is 12.6 Å². The van der Waals surface area contributed by atoms with Crippen molar-refractivity contribution < 1.29 is 9.59 Å². The number of carbonyl (C=O) groups excluding carboxylic acids is 2. The number of benzene rings is 4. The highest BCUT2D eigenvalue weighted by Gasteiger charge is 2.52. The van der Waals surface area contributed by atoms with Gasteiger partial charge in [0.2, 0.25) is 0 Å². The summed E-state index contributed by atoms with van der Waals surface area (Å²) in [6.07, 6.45) is 7.56. The summed E-state index contributed by atoms with van der Waals surface area (Å²) in [5, 5.41) is 1.75. The smallest absolute Gasteiger partial charge is 0.153 e. The molecule has 0 amide bonds. The molecule has 0 bridgehead atoms. The number of rotatable bonds is 8. The van der Waals surface area contributed by atoms with E-state index in [1.807, 2.05) is 50.2 Å². The summed E-state index contributed by atoms with van der Waals surface area (Å²) < 4.78 is 0. The third kappa shape index (κ3) is 6.24. The molecule has 0 atom stereocenters. The lowest BCUT2D eigenvalue weighted by Crippen LogP contribution is -2.27. The number of thiophene rings is 1. The summed E-state index contributed by atoms with van der Waals surface area (Å²) in [6.45, 7) is 7.65. The third-order valence-corrected chi connectivity index (χ3v) is 10.7. The van der Waals surface area contributed by atoms with Gasteiger partial charge in [-0.3, -0.25) is 9.59 Å². The molecule has 0 saturated carbocycles. The second kappa shape index (κ2) is 15.0. The molecule has 50 heavy (non-hydrogen) atoms. The number of fused-ring (bicyclic) bond motifs is 7. The average molecular weight is 691 g/mol. The predicted molar refractivity (Wildman–Crippen MR) is 213 cm³/mol. The number of hydrogen-bond acceptors (Lipinski definition) is 6. The maximum absolute atomic E-state index is 11.5. The van der Waals surface area contributed by atoms with Crippen LogP contribution in [0, 0.1) is 0 Å². The normalized spacial score (nSPS) is 14.6. The maximum atomic E-state index is 11.5. The minimum absolute atomic E-state index is 0.131. The monoisotopic (exact) mass is 690 g/mol. The van der Waals surface area contributed by atoms with Gasteiger partial charge in [-0.25, -0.2) is 0 Å². The van der Waals surface area contributed by atoms with Gasteiger partial charge >= 0.3 is 0 Å². The number of thiol groups is 1. The molecular formula is C44H38N2O2S2. The van der Waals surface area contributed by atoms with Gasteiger partial charge in [-0.1, -0.05) is 97.1 Å². The molecule has 7 rings (SSSR count). The molecule has 0 saturated heterocycles. The highest BCUT2D eigenvalue weighted by Crippen LogP contribution is 2.62. The Morgan fingerprint density at radius 3 is 1.78 bits per heavy atom. The number of hydrogen-bond donors (Lipinski definition) is 2. The number of aldehydes is 2. The van der Waals surface area contributed by atoms with Crippen molar-refractivity contribution in [3.05, 3.63) is 194 Å². The summed E-state index contributed by atoms with van der Waals surface area (Å²) in [5.41, 5.74) is 18.5. The van der Waals surface area contributed by atoms with E-state index in [4.69, 9.17) is 5.73 Å². The van der Waals surface area contributed by atoms with Gasteiger partial charge in [0.05, 0.1) is 16.7 Å². The maximum Gasteiger partial charge on any atom is 0.153 e. The third-order valence-electron chi connectivity index (χ3n) is 9.24. The van der Waals surface area contributed by atoms with Crippen molar-refractivity contribution in [3.8, 4) is 11.1 Å². The Morgan fingerprint density at radius 1 is 0.800 bits per heavy atom. The fraction of sp³-hybridized carbons (Fsp3) is 0.0909. The van der Waals surface area contributed by atoms with Crippen molar-refractivity contribution >= 4 is 54.0 Å². The summed E-state index contributed by atoms with van der Waals surface area (Å²) >= 11 is 5.56. The minimum atomic E-state index is -0.541. The quantitative estimate of drug-likeness (QED) is 0.0425. The summed E-state index contributed by atoms with van der Waals surface area (Å²) in [4.78, 5) is 27.2. The van der Waals surface area contributed by atoms with Gasteiger partial charge < -0.3 is 10.6 Å². The van der Waals surface area contributed by atoms with Crippen LogP contribution >= 0.6 is 24.0 Å². The van der Waals surface area contributed by atoms with Crippen molar-refractivity contribution in [2.45, 2.75) is 25.7 Å². The molecule has 248 valence electrons. The molecule has 1 aromatic heterocycles. The minimum Gasteiger partial charge on any atom is -0.403 e. The molecule has 4 nitrogen and oxygen atoms in total. The average Bonchev–Trinajstić information content (AvgIpc) is 3.79. The number of carbonyl (C=O) groups is 2. The first kappa shape index (κ1) is 34.4. The zero-order valence-corrected chi connectivity index (χ0v) is 29.8. The molecule has 5 aromatic rings. The van der Waals surface area contributed by atoms with Crippen molar-refractivity contribution in [1.82, 2.24) is 0 Å². The van der Waals surface area contributed by atoms with Crippen LogP contribution in [0.1, 0.15) is 40.3 Å². The second-order valence-corrected chi connectivity index (χ2v) is 13.7. The Hall–Kier alpha value is -5.43. The molecular weight excluding hydrogens is 653 g/mol. The number of para-hydroxylation sites is 2. The zero-order chi connectivity index (χ0) is 35.3. The lowest BCUT2D eigenvalue weighted by molar-refractivity contribution is -0.109. The lowest BCUT2D eigenvalue weighted by atomic mass is 9.70. The van der Waals surface area contributed by atoms with E-state index in [9.17, 15) is 9.59 Å². The van der Waals surface area contributed by atoms with E-state index in [2.05, 4.69) is 109 Å². The van der Waals surface area contributed by atoms with E-state index in [0.717, 1.165) is 33.1 Å². The molecule has 1 heterocycles. The molecule has 0 unspecified atom stereocenters. The first-order valence-electron chi connectivity index (χ1n) is 16.3. The first-order chi connectivity index (χ1) is 24.4. The van der Waals surface area contributed by atoms with Gasteiger partial charge in [0.1, 0.15) is 0 Å². The Kier molecular flexibility index (Phi) is 10.3. The van der Waals surface area contributed by atoms with Gasteiger partial charge in [0.15, 0.2) is 12.6 Å². The topological polar surface area (TPSA) is 63.4 Å². The second-order valence-electron chi connectivity index (χ2n) is 12.2. The van der Waals surface area contributed by atoms with E-state index in [1.54, 1.807) is 29.0 Å². The van der Waals surface area contributed by atoms with Gasteiger partial charge in [0, 0.05) is 33.7 Å². The molecule has 2 aliphatic rings. The van der Waals surface area contributed by atoms with E-state index in [-0.39, 0.29) is 5.57 Å². The van der Waals surface area contributed by atoms with Crippen molar-refractivity contribution in [1.29, 1.82) is 0 Å². The summed E-state index contributed by atoms with van der Waals surface area (Å²) in [7, 11) is 0. The van der Waals surface area contributed by atoms with Gasteiger partial charge in [0.25, 0.3) is 0 Å². The van der Waals surface area contributed by atoms with Crippen molar-refractivity contribution in [3.63, 3.8) is 0 Å². The van der Waals surface area contributed by atoms with Crippen LogP contribution in [0.15, 0.2) is 168 Å². The fourth-order valence-electron chi connectivity index (χ4n) is 6.82. The Balaban J connectivity index is 0.000000561. The standard InChI is InChI=1S/C38H28N2O2S.C6H10S/c39-23-30(40(28-11-3-1-4-12-28)29-13-5-2-6-14-29)20-27-21-37-36(22-31(43-37)19-26(24-41)25-42)38(27)34-17-9-7-15-32(34)33-16-8-10-18-35(33)38;1-5(2)6(3)4-7/h1-20,22-25H,21,39H2;4,7H,1H2,2-3H3/b27-20+,30-23+;6-4-. The number of nitrogens with two attached hydrogens (primary N) is 1. The van der Waals surface area contributed by atoms with Gasteiger partial charge in [-0.15, -0.1) is 11.3 Å². The van der Waals surface area contributed by atoms with Crippen LogP contribution in [0.2, 0.25) is 0 Å². The van der Waals surface area contributed by atoms with Crippen LogP contribution in [-0.2, 0) is 21.4 Å². The predicted octanol–water partition coefficient (Wildman–Crippen LogP) is 10.4. The zero-order valence-electron chi connectivity index (χ0n) is 28.0. The SMILES string of the molecule is C=C(C)/C(C)=C\S.N/C=C(\C=C1/Cc2sc(C=C(C=O)C=O)cc2C12c1ccccc1-c1ccccc12)N(c1ccccc1)c1ccccc1. The molecule has 6 heteroatoms. The fourth-order valence-corrected chi connectivity index (χ4v) is 8.24.